The Labute approximate surface area is 208 Å². The zero-order valence-corrected chi connectivity index (χ0v) is 19.8. The van der Waals surface area contributed by atoms with Crippen LogP contribution >= 0.6 is 0 Å². The molecule has 1 saturated carbocycles. The molecule has 36 heavy (non-hydrogen) atoms. The number of imide groups is 1. The van der Waals surface area contributed by atoms with E-state index in [1.165, 1.54) is 13.0 Å². The molecule has 0 spiro atoms. The summed E-state index contributed by atoms with van der Waals surface area (Å²) in [5, 5.41) is 2.60. The van der Waals surface area contributed by atoms with Crippen LogP contribution in [0.2, 0.25) is 0 Å². The number of carbonyl (C=O) groups excluding carboxylic acids is 5. The van der Waals surface area contributed by atoms with Crippen molar-refractivity contribution in [1.82, 2.24) is 4.90 Å². The van der Waals surface area contributed by atoms with Gasteiger partial charge in [-0.2, -0.15) is 0 Å². The highest BCUT2D eigenvalue weighted by atomic mass is 16.5. The lowest BCUT2D eigenvalue weighted by atomic mass is 9.85. The maximum Gasteiger partial charge on any atom is 0.330 e. The summed E-state index contributed by atoms with van der Waals surface area (Å²) in [4.78, 5) is 65.0. The number of ketones is 1. The van der Waals surface area contributed by atoms with E-state index in [-0.39, 0.29) is 35.9 Å². The molecule has 3 amide bonds. The van der Waals surface area contributed by atoms with E-state index >= 15 is 0 Å². The van der Waals surface area contributed by atoms with Crippen LogP contribution in [0.25, 0.3) is 0 Å². The van der Waals surface area contributed by atoms with Crippen molar-refractivity contribution in [2.24, 2.45) is 23.7 Å². The molecule has 1 N–H and O–H groups in total. The number of hydrogen-bond donors (Lipinski definition) is 1. The van der Waals surface area contributed by atoms with Gasteiger partial charge < -0.3 is 10.1 Å². The van der Waals surface area contributed by atoms with Crippen LogP contribution in [-0.4, -0.2) is 47.0 Å². The van der Waals surface area contributed by atoms with Crippen molar-refractivity contribution in [2.75, 3.05) is 11.9 Å². The van der Waals surface area contributed by atoms with Crippen LogP contribution in [0.15, 0.2) is 66.7 Å². The second-order valence-electron chi connectivity index (χ2n) is 9.54. The Kier molecular flexibility index (Phi) is 6.26. The quantitative estimate of drug-likeness (QED) is 0.266. The van der Waals surface area contributed by atoms with Crippen LogP contribution in [0.3, 0.4) is 0 Å². The summed E-state index contributed by atoms with van der Waals surface area (Å²) in [6.45, 7) is 0.830. The van der Waals surface area contributed by atoms with Crippen molar-refractivity contribution in [2.45, 2.75) is 25.8 Å². The van der Waals surface area contributed by atoms with Crippen LogP contribution in [0.1, 0.15) is 29.3 Å². The molecular formula is C28H26N2O6. The number of anilines is 1. The summed E-state index contributed by atoms with van der Waals surface area (Å²) in [5.41, 5.74) is 1.60. The third-order valence-electron chi connectivity index (χ3n) is 7.26. The Hall–Kier alpha value is -4.07. The van der Waals surface area contributed by atoms with Gasteiger partial charge in [0.2, 0.25) is 11.8 Å². The van der Waals surface area contributed by atoms with E-state index in [1.54, 1.807) is 18.2 Å². The van der Waals surface area contributed by atoms with Crippen molar-refractivity contribution < 1.29 is 28.7 Å². The Morgan fingerprint density at radius 3 is 2.28 bits per heavy atom. The first-order valence-electron chi connectivity index (χ1n) is 12.0. The highest BCUT2D eigenvalue weighted by Gasteiger charge is 2.61. The molecule has 2 bridgehead atoms. The number of ether oxygens (including phenoxy) is 1. The smallest absolute Gasteiger partial charge is 0.330 e. The highest BCUT2D eigenvalue weighted by molar-refractivity contribution is 6.09. The molecule has 1 heterocycles. The average molecular weight is 487 g/mol. The predicted octanol–water partition coefficient (Wildman–Crippen LogP) is 2.79. The van der Waals surface area contributed by atoms with Crippen LogP contribution < -0.4 is 5.32 Å². The van der Waals surface area contributed by atoms with Gasteiger partial charge in [-0.05, 0) is 42.9 Å². The number of likely N-dealkylation sites (tertiary alicyclic amines) is 1. The van der Waals surface area contributed by atoms with Crippen molar-refractivity contribution in [3.8, 4) is 0 Å². The van der Waals surface area contributed by atoms with Crippen LogP contribution in [0.5, 0.6) is 0 Å². The highest BCUT2D eigenvalue weighted by Crippen LogP contribution is 2.53. The van der Waals surface area contributed by atoms with Crippen LogP contribution in [0.4, 0.5) is 5.69 Å². The molecule has 2 aliphatic carbocycles. The lowest BCUT2D eigenvalue weighted by Crippen LogP contribution is -2.48. The molecule has 5 atom stereocenters. The molecule has 184 valence electrons. The van der Waals surface area contributed by atoms with Crippen molar-refractivity contribution in [3.05, 3.63) is 77.9 Å². The van der Waals surface area contributed by atoms with Crippen molar-refractivity contribution in [3.63, 3.8) is 0 Å². The van der Waals surface area contributed by atoms with Gasteiger partial charge in [0.15, 0.2) is 12.4 Å². The molecule has 1 saturated heterocycles. The number of nitrogens with zero attached hydrogens (tertiary/aromatic N) is 1. The molecule has 5 rings (SSSR count). The number of allylic oxidation sites excluding steroid dienone is 2. The topological polar surface area (TPSA) is 110 Å². The Balaban J connectivity index is 1.30. The zero-order valence-electron chi connectivity index (χ0n) is 19.8. The molecule has 1 aliphatic heterocycles. The summed E-state index contributed by atoms with van der Waals surface area (Å²) >= 11 is 0. The first-order valence-corrected chi connectivity index (χ1v) is 12.0. The van der Waals surface area contributed by atoms with Crippen molar-refractivity contribution in [1.29, 1.82) is 0 Å². The molecule has 8 nitrogen and oxygen atoms in total. The first kappa shape index (κ1) is 23.7. The minimum atomic E-state index is -1.16. The van der Waals surface area contributed by atoms with Gasteiger partial charge in [-0.15, -0.1) is 0 Å². The third kappa shape index (κ3) is 4.34. The molecule has 0 aromatic heterocycles. The fourth-order valence-corrected chi connectivity index (χ4v) is 5.60. The molecule has 2 fully saturated rings. The standard InChI is InChI=1S/C28H26N2O6/c1-16(31)18-8-5-9-21(14-18)29-23(32)15-36-28(35)22(12-17-6-3-2-4-7-17)30-26(33)24-19-10-11-20(13-19)25(24)27(30)34/h2-11,14,19-20,22,24-25H,12-13,15H2,1H3,(H,29,32)/t19-,20-,22+,24-,25+/m0/s1. The molecule has 2 aromatic carbocycles. The predicted molar refractivity (Wildman–Crippen MR) is 130 cm³/mol. The number of Topliss-reactive ketones (excluding diaryl/α,β-unsaturated/α-hetero) is 1. The summed E-state index contributed by atoms with van der Waals surface area (Å²) in [7, 11) is 0. The minimum absolute atomic E-state index is 0.0198. The number of nitrogens with one attached hydrogen (secondary N) is 1. The number of benzene rings is 2. The average Bonchev–Trinajstić information content (AvgIpc) is 3.56. The fourth-order valence-electron chi connectivity index (χ4n) is 5.60. The Morgan fingerprint density at radius 1 is 0.972 bits per heavy atom. The van der Waals surface area contributed by atoms with Crippen molar-refractivity contribution >= 4 is 35.2 Å². The number of fused-ring (bicyclic) bond motifs is 5. The molecule has 0 unspecified atom stereocenters. The van der Waals surface area contributed by atoms with E-state index in [9.17, 15) is 24.0 Å². The minimum Gasteiger partial charge on any atom is -0.454 e. The second kappa shape index (κ2) is 9.53. The number of amides is 3. The van der Waals surface area contributed by atoms with Crippen LogP contribution in [0, 0.1) is 23.7 Å². The fraction of sp³-hybridized carbons (Fsp3) is 0.321. The summed E-state index contributed by atoms with van der Waals surface area (Å²) < 4.78 is 5.31. The van der Waals surface area contributed by atoms with Gasteiger partial charge in [-0.25, -0.2) is 4.79 Å². The van der Waals surface area contributed by atoms with Gasteiger partial charge in [-0.1, -0.05) is 54.6 Å². The second-order valence-corrected chi connectivity index (χ2v) is 9.54. The lowest BCUT2D eigenvalue weighted by Gasteiger charge is -2.26. The van der Waals surface area contributed by atoms with Gasteiger partial charge in [0.1, 0.15) is 6.04 Å². The molecule has 8 heteroatoms. The largest absolute Gasteiger partial charge is 0.454 e. The summed E-state index contributed by atoms with van der Waals surface area (Å²) in [5.74, 6) is -3.07. The third-order valence-corrected chi connectivity index (χ3v) is 7.26. The van der Waals surface area contributed by atoms with Gasteiger partial charge in [0, 0.05) is 17.7 Å². The summed E-state index contributed by atoms with van der Waals surface area (Å²) in [6, 6.07) is 14.3. The summed E-state index contributed by atoms with van der Waals surface area (Å²) in [6.07, 6.45) is 4.88. The lowest BCUT2D eigenvalue weighted by molar-refractivity contribution is -0.160. The molecular weight excluding hydrogens is 460 g/mol. The monoisotopic (exact) mass is 486 g/mol. The van der Waals surface area contributed by atoms with Gasteiger partial charge in [0.25, 0.3) is 5.91 Å². The molecule has 2 aromatic rings. The van der Waals surface area contributed by atoms with Gasteiger partial charge >= 0.3 is 5.97 Å². The molecule has 0 radical (unpaired) electrons. The maximum atomic E-state index is 13.3. The van der Waals surface area contributed by atoms with Crippen LogP contribution in [-0.2, 0) is 30.3 Å². The van der Waals surface area contributed by atoms with Gasteiger partial charge in [0.05, 0.1) is 11.8 Å². The van der Waals surface area contributed by atoms with E-state index in [0.29, 0.717) is 11.3 Å². The first-order chi connectivity index (χ1) is 17.3. The van der Waals surface area contributed by atoms with E-state index in [2.05, 4.69) is 5.32 Å². The van der Waals surface area contributed by atoms with E-state index in [4.69, 9.17) is 4.74 Å². The molecule has 3 aliphatic rings. The van der Waals surface area contributed by atoms with Gasteiger partial charge in [-0.3, -0.25) is 24.1 Å². The number of esters is 1. The Bertz CT molecular complexity index is 1240. The maximum absolute atomic E-state index is 13.3. The van der Waals surface area contributed by atoms with E-state index in [1.807, 2.05) is 42.5 Å². The van der Waals surface area contributed by atoms with E-state index in [0.717, 1.165) is 16.9 Å². The number of rotatable bonds is 8. The Morgan fingerprint density at radius 2 is 1.64 bits per heavy atom. The number of hydrogen-bond acceptors (Lipinski definition) is 6. The van der Waals surface area contributed by atoms with E-state index < -0.39 is 36.4 Å². The normalized spacial score (nSPS) is 24.5. The SMILES string of the molecule is CC(=O)c1cccc(NC(=O)COC(=O)[C@@H](Cc2ccccc2)N2C(=O)[C@@H]3[C@H](C2=O)[C@H]2C=C[C@H]3C2)c1. The zero-order chi connectivity index (χ0) is 25.4. The number of carbonyl (C=O) groups is 5.